The molecule has 1 amide bonds. The summed E-state index contributed by atoms with van der Waals surface area (Å²) in [4.78, 5) is 13.1. The predicted octanol–water partition coefficient (Wildman–Crippen LogP) is 5.07. The molecule has 0 bridgehead atoms. The van der Waals surface area contributed by atoms with Gasteiger partial charge in [-0.1, -0.05) is 66.7 Å². The molecule has 34 heavy (non-hydrogen) atoms. The molecular weight excluding hydrogens is 492 g/mol. The van der Waals surface area contributed by atoms with Crippen molar-refractivity contribution in [3.8, 4) is 0 Å². The van der Waals surface area contributed by atoms with Crippen LogP contribution in [-0.2, 0) is 30.1 Å². The van der Waals surface area contributed by atoms with Gasteiger partial charge in [0.25, 0.3) is 17.2 Å². The zero-order valence-electron chi connectivity index (χ0n) is 17.9. The third-order valence-corrected chi connectivity index (χ3v) is 6.62. The maximum absolute atomic E-state index is 13.1. The summed E-state index contributed by atoms with van der Waals surface area (Å²) < 4.78 is 32.6. The van der Waals surface area contributed by atoms with E-state index in [2.05, 4.69) is 14.1 Å². The number of hydrogen-bond acceptors (Lipinski definition) is 5. The van der Waals surface area contributed by atoms with Crippen LogP contribution < -0.4 is 9.62 Å². The topological polar surface area (TPSA) is 95.4 Å². The highest BCUT2D eigenvalue weighted by Crippen LogP contribution is 2.33. The van der Waals surface area contributed by atoms with Crippen LogP contribution in [0.15, 0.2) is 78.9 Å². The molecule has 0 fully saturated rings. The van der Waals surface area contributed by atoms with E-state index in [1.54, 1.807) is 18.2 Å². The van der Waals surface area contributed by atoms with Gasteiger partial charge in [-0.05, 0) is 28.8 Å². The van der Waals surface area contributed by atoms with E-state index in [-0.39, 0.29) is 28.9 Å². The molecule has 4 rings (SSSR count). The van der Waals surface area contributed by atoms with Gasteiger partial charge in [-0.15, -0.1) is 11.6 Å². The van der Waals surface area contributed by atoms with Crippen molar-refractivity contribution in [1.82, 2.24) is 14.1 Å². The first-order chi connectivity index (χ1) is 16.6. The Hall–Kier alpha value is -3.11. The minimum absolute atomic E-state index is 0.178. The lowest BCUT2D eigenvalue weighted by atomic mass is 10.1. The number of alkyl halides is 1. The Kier molecular flexibility index (Phi) is 8.02. The lowest BCUT2D eigenvalue weighted by molar-refractivity contribution is 0.0951. The van der Waals surface area contributed by atoms with Gasteiger partial charge in [0, 0.05) is 18.8 Å². The first-order valence-corrected chi connectivity index (χ1v) is 12.7. The average molecular weight is 513 g/mol. The van der Waals surface area contributed by atoms with Crippen LogP contribution >= 0.6 is 23.3 Å². The van der Waals surface area contributed by atoms with Crippen LogP contribution in [0.25, 0.3) is 0 Å². The van der Waals surface area contributed by atoms with Gasteiger partial charge < -0.3 is 5.32 Å². The number of nitrogens with zero attached hydrogens (tertiary/aromatic N) is 3. The normalized spacial score (nSPS) is 11.7. The van der Waals surface area contributed by atoms with E-state index in [1.165, 1.54) is 0 Å². The largest absolute Gasteiger partial charge is 0.348 e. The molecule has 0 aliphatic carbocycles. The highest BCUT2D eigenvalue weighted by atomic mass is 35.5. The SMILES string of the molecule is O=C(NCc1ccccc1)c1ccc(CCl)cc1N(c1nsnc1Cc1ccccc1)S(=O)O. The van der Waals surface area contributed by atoms with E-state index in [1.807, 2.05) is 60.7 Å². The summed E-state index contributed by atoms with van der Waals surface area (Å²) in [5, 5.41) is 2.87. The predicted molar refractivity (Wildman–Crippen MR) is 136 cm³/mol. The van der Waals surface area contributed by atoms with Crippen LogP contribution in [-0.4, -0.2) is 23.4 Å². The Morgan fingerprint density at radius 2 is 1.65 bits per heavy atom. The molecule has 0 aliphatic rings. The summed E-state index contributed by atoms with van der Waals surface area (Å²) in [5.74, 6) is 0.0125. The molecule has 1 unspecified atom stereocenters. The summed E-state index contributed by atoms with van der Waals surface area (Å²) in [6.07, 6.45) is 0.422. The monoisotopic (exact) mass is 512 g/mol. The molecule has 0 saturated heterocycles. The summed E-state index contributed by atoms with van der Waals surface area (Å²) >= 11 is 4.47. The van der Waals surface area contributed by atoms with E-state index < -0.39 is 11.3 Å². The number of carbonyl (C=O) groups is 1. The number of aromatic nitrogens is 2. The highest BCUT2D eigenvalue weighted by Gasteiger charge is 2.27. The number of halogens is 1. The quantitative estimate of drug-likeness (QED) is 0.241. The van der Waals surface area contributed by atoms with Crippen molar-refractivity contribution in [1.29, 1.82) is 0 Å². The van der Waals surface area contributed by atoms with Crippen molar-refractivity contribution in [2.45, 2.75) is 18.8 Å². The van der Waals surface area contributed by atoms with Gasteiger partial charge in [0.1, 0.15) is 5.69 Å². The summed E-state index contributed by atoms with van der Waals surface area (Å²) in [6.45, 7) is 0.316. The van der Waals surface area contributed by atoms with Gasteiger partial charge in [-0.25, -0.2) is 8.51 Å². The van der Waals surface area contributed by atoms with Crippen molar-refractivity contribution in [2.75, 3.05) is 4.31 Å². The van der Waals surface area contributed by atoms with Crippen molar-refractivity contribution in [2.24, 2.45) is 0 Å². The molecular formula is C24H21ClN4O3S2. The first kappa shape index (κ1) is 24.0. The van der Waals surface area contributed by atoms with E-state index in [0.29, 0.717) is 24.2 Å². The van der Waals surface area contributed by atoms with Gasteiger partial charge in [0.2, 0.25) is 0 Å². The lowest BCUT2D eigenvalue weighted by Crippen LogP contribution is -2.28. The lowest BCUT2D eigenvalue weighted by Gasteiger charge is -2.22. The summed E-state index contributed by atoms with van der Waals surface area (Å²) in [5.41, 5.74) is 3.60. The van der Waals surface area contributed by atoms with Crippen molar-refractivity contribution < 1.29 is 13.6 Å². The Morgan fingerprint density at radius 3 is 2.29 bits per heavy atom. The van der Waals surface area contributed by atoms with E-state index in [0.717, 1.165) is 27.2 Å². The second kappa shape index (κ2) is 11.3. The number of rotatable bonds is 9. The average Bonchev–Trinajstić information content (AvgIpc) is 3.31. The summed E-state index contributed by atoms with van der Waals surface area (Å²) in [7, 11) is 0. The van der Waals surface area contributed by atoms with Crippen molar-refractivity contribution >= 4 is 52.0 Å². The van der Waals surface area contributed by atoms with Crippen LogP contribution in [0.5, 0.6) is 0 Å². The van der Waals surface area contributed by atoms with Gasteiger partial charge in [-0.3, -0.25) is 9.35 Å². The Labute approximate surface area is 209 Å². The number of nitrogens with one attached hydrogen (secondary N) is 1. The summed E-state index contributed by atoms with van der Waals surface area (Å²) in [6, 6.07) is 24.1. The van der Waals surface area contributed by atoms with Gasteiger partial charge in [0.05, 0.1) is 23.0 Å². The third kappa shape index (κ3) is 5.68. The Morgan fingerprint density at radius 1 is 0.971 bits per heavy atom. The molecule has 2 N–H and O–H groups in total. The molecule has 3 aromatic carbocycles. The van der Waals surface area contributed by atoms with Crippen LogP contribution in [0.1, 0.15) is 32.7 Å². The standard InChI is InChI=1S/C24H21ClN4O3S2/c25-15-19-11-12-20(24(30)26-16-18-9-5-2-6-10-18)22(14-19)29(34(31)32)23-21(27-33-28-23)13-17-7-3-1-4-8-17/h1-12,14H,13,15-16H2,(H,26,30)(H,31,32). The second-order valence-corrected chi connectivity index (χ2v) is 9.00. The molecule has 1 aromatic heterocycles. The van der Waals surface area contributed by atoms with Gasteiger partial charge in [0.15, 0.2) is 5.82 Å². The molecule has 4 aromatic rings. The van der Waals surface area contributed by atoms with Gasteiger partial charge in [-0.2, -0.15) is 8.75 Å². The molecule has 0 aliphatic heterocycles. The number of hydrogen-bond donors (Lipinski definition) is 2. The van der Waals surface area contributed by atoms with Gasteiger partial charge >= 0.3 is 0 Å². The van der Waals surface area contributed by atoms with Crippen molar-refractivity contribution in [3.05, 3.63) is 107 Å². The maximum Gasteiger partial charge on any atom is 0.268 e. The fourth-order valence-corrected chi connectivity index (χ4v) is 4.80. The number of anilines is 2. The van der Waals surface area contributed by atoms with Crippen LogP contribution in [0.2, 0.25) is 0 Å². The third-order valence-electron chi connectivity index (χ3n) is 5.08. The zero-order chi connectivity index (χ0) is 23.9. The molecule has 1 atom stereocenters. The van der Waals surface area contributed by atoms with E-state index in [9.17, 15) is 13.6 Å². The highest BCUT2D eigenvalue weighted by molar-refractivity contribution is 7.81. The first-order valence-electron chi connectivity index (χ1n) is 10.3. The number of carbonyl (C=O) groups excluding carboxylic acids is 1. The molecule has 0 spiro atoms. The van der Waals surface area contributed by atoms with Crippen LogP contribution in [0.3, 0.4) is 0 Å². The smallest absolute Gasteiger partial charge is 0.268 e. The molecule has 174 valence electrons. The van der Waals surface area contributed by atoms with Crippen molar-refractivity contribution in [3.63, 3.8) is 0 Å². The molecule has 1 heterocycles. The van der Waals surface area contributed by atoms with E-state index >= 15 is 0 Å². The maximum atomic E-state index is 13.1. The minimum Gasteiger partial charge on any atom is -0.348 e. The van der Waals surface area contributed by atoms with E-state index in [4.69, 9.17) is 11.6 Å². The Bertz CT molecular complexity index is 1290. The molecule has 0 radical (unpaired) electrons. The fraction of sp³-hybridized carbons (Fsp3) is 0.125. The fourth-order valence-electron chi connectivity index (χ4n) is 3.42. The van der Waals surface area contributed by atoms with Crippen LogP contribution in [0, 0.1) is 0 Å². The Balaban J connectivity index is 1.70. The minimum atomic E-state index is -2.51. The second-order valence-electron chi connectivity index (χ2n) is 7.38. The zero-order valence-corrected chi connectivity index (χ0v) is 20.3. The molecule has 7 nitrogen and oxygen atoms in total. The molecule has 10 heteroatoms. The number of benzene rings is 3. The molecule has 0 saturated carbocycles. The number of amides is 1. The van der Waals surface area contributed by atoms with Crippen LogP contribution in [0.4, 0.5) is 11.5 Å².